The summed E-state index contributed by atoms with van der Waals surface area (Å²) in [5.41, 5.74) is 0. The van der Waals surface area contributed by atoms with Crippen molar-refractivity contribution < 1.29 is 9.59 Å². The van der Waals surface area contributed by atoms with Gasteiger partial charge in [0.1, 0.15) is 0 Å². The molecule has 0 atom stereocenters. The lowest BCUT2D eigenvalue weighted by Crippen LogP contribution is -2.34. The second kappa shape index (κ2) is 31.6. The maximum Gasteiger partial charge on any atom is 0.220 e. The summed E-state index contributed by atoms with van der Waals surface area (Å²) in [6.45, 7) is 5.57. The van der Waals surface area contributed by atoms with Crippen LogP contribution in [0.1, 0.15) is 168 Å². The summed E-state index contributed by atoms with van der Waals surface area (Å²) >= 11 is 0. The molecule has 0 radical (unpaired) electrons. The molecule has 222 valence electrons. The van der Waals surface area contributed by atoms with E-state index >= 15 is 0 Å². The quantitative estimate of drug-likeness (QED) is 0.0744. The van der Waals surface area contributed by atoms with Crippen molar-refractivity contribution in [1.82, 2.24) is 10.6 Å². The highest BCUT2D eigenvalue weighted by atomic mass is 16.2. The fourth-order valence-electron chi connectivity index (χ4n) is 4.59. The zero-order valence-corrected chi connectivity index (χ0v) is 25.5. The van der Waals surface area contributed by atoms with Crippen LogP contribution in [0.3, 0.4) is 0 Å². The second-order valence-electron chi connectivity index (χ2n) is 11.0. The number of rotatable bonds is 29. The van der Waals surface area contributed by atoms with Gasteiger partial charge >= 0.3 is 0 Å². The molecule has 2 N–H and O–H groups in total. The Kier molecular flexibility index (Phi) is 30.3. The molecular formula is C34H64N2O2. The maximum absolute atomic E-state index is 12.0. The monoisotopic (exact) mass is 532 g/mol. The maximum atomic E-state index is 12.0. The van der Waals surface area contributed by atoms with Gasteiger partial charge in [-0.2, -0.15) is 0 Å². The summed E-state index contributed by atoms with van der Waals surface area (Å²) in [6, 6.07) is 0. The molecule has 0 rings (SSSR count). The van der Waals surface area contributed by atoms with Crippen LogP contribution in [-0.4, -0.2) is 24.9 Å². The highest BCUT2D eigenvalue weighted by molar-refractivity contribution is 5.77. The summed E-state index contributed by atoms with van der Waals surface area (Å²) in [5, 5.41) is 5.86. The van der Waals surface area contributed by atoms with Gasteiger partial charge in [0, 0.05) is 25.9 Å². The van der Waals surface area contributed by atoms with E-state index in [-0.39, 0.29) is 11.8 Å². The van der Waals surface area contributed by atoms with Crippen molar-refractivity contribution in [1.29, 1.82) is 0 Å². The van der Waals surface area contributed by atoms with Crippen LogP contribution in [-0.2, 0) is 9.59 Å². The molecule has 0 saturated carbocycles. The van der Waals surface area contributed by atoms with Crippen LogP contribution in [0.15, 0.2) is 24.3 Å². The molecule has 0 fully saturated rings. The molecule has 0 bridgehead atoms. The molecule has 38 heavy (non-hydrogen) atoms. The number of hydrogen-bond donors (Lipinski definition) is 2. The fraction of sp³-hybridized carbons (Fsp3) is 0.824. The van der Waals surface area contributed by atoms with Crippen LogP contribution in [0.5, 0.6) is 0 Å². The van der Waals surface area contributed by atoms with Crippen molar-refractivity contribution >= 4 is 11.8 Å². The summed E-state index contributed by atoms with van der Waals surface area (Å²) in [7, 11) is 0. The number of hydrogen-bond acceptors (Lipinski definition) is 2. The van der Waals surface area contributed by atoms with Gasteiger partial charge in [0.25, 0.3) is 0 Å². The molecule has 0 aromatic rings. The number of carbonyl (C=O) groups is 2. The van der Waals surface area contributed by atoms with Crippen molar-refractivity contribution in [2.45, 2.75) is 168 Å². The summed E-state index contributed by atoms with van der Waals surface area (Å²) in [6.07, 6.45) is 37.8. The van der Waals surface area contributed by atoms with Crippen LogP contribution in [0.2, 0.25) is 0 Å². The summed E-state index contributed by atoms with van der Waals surface area (Å²) in [4.78, 5) is 23.9. The first-order valence-corrected chi connectivity index (χ1v) is 16.5. The van der Waals surface area contributed by atoms with Gasteiger partial charge in [0.05, 0.1) is 0 Å². The summed E-state index contributed by atoms with van der Waals surface area (Å²) in [5.74, 6) is 0.216. The van der Waals surface area contributed by atoms with Gasteiger partial charge in [-0.05, 0) is 64.2 Å². The number of carbonyl (C=O) groups excluding carboxylic acids is 2. The predicted molar refractivity (Wildman–Crippen MR) is 166 cm³/mol. The number of allylic oxidation sites excluding steroid dienone is 4. The molecule has 0 aromatic heterocycles. The first-order chi connectivity index (χ1) is 18.7. The van der Waals surface area contributed by atoms with E-state index < -0.39 is 0 Å². The highest BCUT2D eigenvalue weighted by Gasteiger charge is 2.03. The van der Waals surface area contributed by atoms with E-state index in [0.29, 0.717) is 25.9 Å². The minimum absolute atomic E-state index is 0.108. The molecule has 4 nitrogen and oxygen atoms in total. The van der Waals surface area contributed by atoms with Crippen molar-refractivity contribution in [3.05, 3.63) is 24.3 Å². The van der Waals surface area contributed by atoms with E-state index in [0.717, 1.165) is 25.7 Å². The van der Waals surface area contributed by atoms with Crippen molar-refractivity contribution in [3.8, 4) is 0 Å². The third-order valence-electron chi connectivity index (χ3n) is 7.10. The topological polar surface area (TPSA) is 58.2 Å². The zero-order valence-electron chi connectivity index (χ0n) is 25.5. The van der Waals surface area contributed by atoms with Gasteiger partial charge in [-0.1, -0.05) is 115 Å². The third kappa shape index (κ3) is 30.6. The van der Waals surface area contributed by atoms with Crippen LogP contribution in [0.25, 0.3) is 0 Å². The molecule has 0 aliphatic carbocycles. The standard InChI is InChI=1S/C34H64N2O2/c1-3-5-7-9-11-13-15-17-19-21-23-25-27-29-33(37)35-31-32-36-34(38)30-28-26-24-22-20-18-16-14-12-10-8-6-4-2/h13-16H,3-12,17-32H2,1-2H3,(H,35,37)(H,36,38)/b15-13-,16-14-. The molecule has 4 heteroatoms. The van der Waals surface area contributed by atoms with Gasteiger partial charge in [0.15, 0.2) is 0 Å². The Bertz CT molecular complexity index is 521. The van der Waals surface area contributed by atoms with Crippen LogP contribution in [0.4, 0.5) is 0 Å². The van der Waals surface area contributed by atoms with Crippen LogP contribution in [0, 0.1) is 0 Å². The smallest absolute Gasteiger partial charge is 0.220 e. The van der Waals surface area contributed by atoms with Crippen molar-refractivity contribution in [2.24, 2.45) is 0 Å². The molecule has 0 unspecified atom stereocenters. The van der Waals surface area contributed by atoms with Gasteiger partial charge in [0.2, 0.25) is 11.8 Å². The molecular weight excluding hydrogens is 468 g/mol. The minimum Gasteiger partial charge on any atom is -0.354 e. The lowest BCUT2D eigenvalue weighted by Gasteiger charge is -2.07. The molecule has 0 aromatic carbocycles. The molecule has 0 spiro atoms. The lowest BCUT2D eigenvalue weighted by atomic mass is 10.1. The van der Waals surface area contributed by atoms with E-state index in [4.69, 9.17) is 0 Å². The van der Waals surface area contributed by atoms with Crippen LogP contribution >= 0.6 is 0 Å². The third-order valence-corrected chi connectivity index (χ3v) is 7.10. The van der Waals surface area contributed by atoms with E-state index in [1.54, 1.807) is 0 Å². The Morgan fingerprint density at radius 3 is 1.05 bits per heavy atom. The van der Waals surface area contributed by atoms with E-state index in [1.165, 1.54) is 116 Å². The van der Waals surface area contributed by atoms with E-state index in [1.807, 2.05) is 0 Å². The molecule has 0 aliphatic rings. The Morgan fingerprint density at radius 2 is 0.711 bits per heavy atom. The number of nitrogens with one attached hydrogen (secondary N) is 2. The first kappa shape index (κ1) is 36.4. The normalized spacial score (nSPS) is 11.5. The molecule has 2 amide bonds. The van der Waals surface area contributed by atoms with Gasteiger partial charge in [-0.15, -0.1) is 0 Å². The van der Waals surface area contributed by atoms with Gasteiger partial charge in [-0.25, -0.2) is 0 Å². The highest BCUT2D eigenvalue weighted by Crippen LogP contribution is 2.10. The molecule has 0 saturated heterocycles. The lowest BCUT2D eigenvalue weighted by molar-refractivity contribution is -0.123. The van der Waals surface area contributed by atoms with E-state index in [9.17, 15) is 9.59 Å². The average molecular weight is 533 g/mol. The van der Waals surface area contributed by atoms with Crippen LogP contribution < -0.4 is 10.6 Å². The molecule has 0 heterocycles. The number of amides is 2. The van der Waals surface area contributed by atoms with Gasteiger partial charge < -0.3 is 10.6 Å². The van der Waals surface area contributed by atoms with Crippen molar-refractivity contribution in [3.63, 3.8) is 0 Å². The first-order valence-electron chi connectivity index (χ1n) is 16.5. The SMILES string of the molecule is CCCCCC/C=C\CCCCCCCC(=O)NCCNC(=O)CCCCCCC/C=C\CCCCCC. The Balaban J connectivity index is 3.35. The summed E-state index contributed by atoms with van der Waals surface area (Å²) < 4.78 is 0. The average Bonchev–Trinajstić information content (AvgIpc) is 2.92. The Morgan fingerprint density at radius 1 is 0.421 bits per heavy atom. The zero-order chi connectivity index (χ0) is 27.8. The van der Waals surface area contributed by atoms with Crippen molar-refractivity contribution in [2.75, 3.05) is 13.1 Å². The largest absolute Gasteiger partial charge is 0.354 e. The second-order valence-corrected chi connectivity index (χ2v) is 11.0. The molecule has 0 aliphatic heterocycles. The number of unbranched alkanes of at least 4 members (excludes halogenated alkanes) is 18. The predicted octanol–water partition coefficient (Wildman–Crippen LogP) is 9.73. The minimum atomic E-state index is 0.108. The Labute approximate surface area is 237 Å². The fourth-order valence-corrected chi connectivity index (χ4v) is 4.59. The Hall–Kier alpha value is -1.58. The van der Waals surface area contributed by atoms with E-state index in [2.05, 4.69) is 48.8 Å². The van der Waals surface area contributed by atoms with Gasteiger partial charge in [-0.3, -0.25) is 9.59 Å².